The van der Waals surface area contributed by atoms with Crippen LogP contribution in [0.5, 0.6) is 0 Å². The van der Waals surface area contributed by atoms with Gasteiger partial charge in [0.15, 0.2) is 0 Å². The number of nitrogens with zero attached hydrogens (tertiary/aromatic N) is 4. The summed E-state index contributed by atoms with van der Waals surface area (Å²) in [5.41, 5.74) is 0.989. The number of aromatic nitrogens is 2. The molecule has 3 rings (SSSR count). The maximum absolute atomic E-state index is 13.1. The number of hydrogen-bond acceptors (Lipinski definition) is 4. The Morgan fingerprint density at radius 3 is 2.33 bits per heavy atom. The first-order valence-corrected chi connectivity index (χ1v) is 10.6. The van der Waals surface area contributed by atoms with Crippen LogP contribution < -0.4 is 5.69 Å². The van der Waals surface area contributed by atoms with E-state index >= 15 is 0 Å². The first-order chi connectivity index (χ1) is 12.8. The van der Waals surface area contributed by atoms with Crippen molar-refractivity contribution >= 4 is 27.0 Å². The Balaban J connectivity index is 1.91. The van der Waals surface area contributed by atoms with Gasteiger partial charge in [0.2, 0.25) is 15.9 Å². The number of fused-ring (bicyclic) bond motifs is 1. The Morgan fingerprint density at radius 2 is 1.70 bits per heavy atom. The van der Waals surface area contributed by atoms with Crippen molar-refractivity contribution in [3.8, 4) is 0 Å². The highest BCUT2D eigenvalue weighted by Gasteiger charge is 2.28. The molecule has 0 bridgehead atoms. The second-order valence-corrected chi connectivity index (χ2v) is 8.86. The number of sulfonamides is 1. The number of likely N-dealkylation sites (tertiary alicyclic amines) is 1. The summed E-state index contributed by atoms with van der Waals surface area (Å²) in [5.74, 6) is -0.159. The number of hydrogen-bond donors (Lipinski definition) is 0. The zero-order valence-electron chi connectivity index (χ0n) is 16.0. The lowest BCUT2D eigenvalue weighted by molar-refractivity contribution is -0.132. The molecule has 8 nitrogen and oxygen atoms in total. The van der Waals surface area contributed by atoms with Crippen LogP contribution in [0, 0.1) is 0 Å². The Hall–Kier alpha value is -2.13. The lowest BCUT2D eigenvalue weighted by atomic mass is 10.1. The second-order valence-electron chi connectivity index (χ2n) is 6.92. The summed E-state index contributed by atoms with van der Waals surface area (Å²) in [5, 5.41) is 0. The smallest absolute Gasteiger partial charge is 0.328 e. The van der Waals surface area contributed by atoms with Gasteiger partial charge in [0.25, 0.3) is 0 Å². The number of rotatable bonds is 5. The molecule has 0 unspecified atom stereocenters. The molecule has 0 aliphatic carbocycles. The normalized spacial score (nSPS) is 15.6. The minimum absolute atomic E-state index is 0.0875. The minimum Gasteiger partial charge on any atom is -0.342 e. The highest BCUT2D eigenvalue weighted by molar-refractivity contribution is 7.89. The number of imidazole rings is 1. The topological polar surface area (TPSA) is 84.6 Å². The maximum Gasteiger partial charge on any atom is 0.328 e. The van der Waals surface area contributed by atoms with Crippen LogP contribution >= 0.6 is 0 Å². The van der Waals surface area contributed by atoms with Crippen LogP contribution in [-0.2, 0) is 28.9 Å². The Bertz CT molecular complexity index is 1020. The number of aryl methyl sites for hydroxylation is 2. The van der Waals surface area contributed by atoms with E-state index in [-0.39, 0.29) is 29.6 Å². The van der Waals surface area contributed by atoms with Gasteiger partial charge in [-0.15, -0.1) is 0 Å². The molecule has 0 saturated carbocycles. The van der Waals surface area contributed by atoms with Crippen molar-refractivity contribution < 1.29 is 13.2 Å². The van der Waals surface area contributed by atoms with Crippen molar-refractivity contribution in [3.63, 3.8) is 0 Å². The van der Waals surface area contributed by atoms with Crippen LogP contribution in [0.1, 0.15) is 26.2 Å². The molecule has 0 N–H and O–H groups in total. The SMILES string of the molecule is CCN(CC(=O)N1CCCCC1)S(=O)(=O)c1ccc2c(c1)n(C)c(=O)n2C. The summed E-state index contributed by atoms with van der Waals surface area (Å²) in [6, 6.07) is 4.62. The molecule has 1 aromatic heterocycles. The van der Waals surface area contributed by atoms with Crippen LogP contribution in [0.2, 0.25) is 0 Å². The van der Waals surface area contributed by atoms with Crippen LogP contribution in [0.15, 0.2) is 27.9 Å². The largest absolute Gasteiger partial charge is 0.342 e. The molecule has 1 aliphatic rings. The summed E-state index contributed by atoms with van der Waals surface area (Å²) in [6.45, 7) is 3.14. The predicted molar refractivity (Wildman–Crippen MR) is 103 cm³/mol. The van der Waals surface area contributed by atoms with Crippen molar-refractivity contribution in [2.45, 2.75) is 31.1 Å². The number of carbonyl (C=O) groups is 1. The van der Waals surface area contributed by atoms with E-state index in [1.54, 1.807) is 32.0 Å². The highest BCUT2D eigenvalue weighted by atomic mass is 32.2. The van der Waals surface area contributed by atoms with Gasteiger partial charge in [-0.3, -0.25) is 13.9 Å². The van der Waals surface area contributed by atoms with Crippen LogP contribution in [0.4, 0.5) is 0 Å². The quantitative estimate of drug-likeness (QED) is 0.754. The zero-order chi connectivity index (χ0) is 19.8. The summed E-state index contributed by atoms with van der Waals surface area (Å²) in [7, 11) is -0.579. The summed E-state index contributed by atoms with van der Waals surface area (Å²) < 4.78 is 30.3. The van der Waals surface area contributed by atoms with Crippen molar-refractivity contribution in [3.05, 3.63) is 28.7 Å². The lowest BCUT2D eigenvalue weighted by Crippen LogP contribution is -2.44. The second kappa shape index (κ2) is 7.47. The number of piperidine rings is 1. The first kappa shape index (κ1) is 19.6. The number of likely N-dealkylation sites (N-methyl/N-ethyl adjacent to an activating group) is 1. The summed E-state index contributed by atoms with van der Waals surface area (Å²) >= 11 is 0. The van der Waals surface area contributed by atoms with Crippen LogP contribution in [-0.4, -0.2) is 58.8 Å². The van der Waals surface area contributed by atoms with Crippen molar-refractivity contribution in [2.75, 3.05) is 26.2 Å². The maximum atomic E-state index is 13.1. The van der Waals surface area contributed by atoms with Gasteiger partial charge in [-0.1, -0.05) is 6.92 Å². The van der Waals surface area contributed by atoms with Gasteiger partial charge >= 0.3 is 5.69 Å². The Labute approximate surface area is 159 Å². The zero-order valence-corrected chi connectivity index (χ0v) is 16.8. The fraction of sp³-hybridized carbons (Fsp3) is 0.556. The molecular weight excluding hydrogens is 368 g/mol. The fourth-order valence-electron chi connectivity index (χ4n) is 3.56. The van der Waals surface area contributed by atoms with Crippen LogP contribution in [0.25, 0.3) is 11.0 Å². The molecule has 27 heavy (non-hydrogen) atoms. The third-order valence-electron chi connectivity index (χ3n) is 5.25. The molecule has 1 fully saturated rings. The van der Waals surface area contributed by atoms with Crippen molar-refractivity contribution in [1.82, 2.24) is 18.3 Å². The van der Waals surface area contributed by atoms with Gasteiger partial charge in [0, 0.05) is 33.7 Å². The van der Waals surface area contributed by atoms with Crippen LogP contribution in [0.3, 0.4) is 0 Å². The Kier molecular flexibility index (Phi) is 5.43. The molecule has 2 heterocycles. The fourth-order valence-corrected chi connectivity index (χ4v) is 4.98. The average molecular weight is 394 g/mol. The third kappa shape index (κ3) is 3.53. The third-order valence-corrected chi connectivity index (χ3v) is 7.17. The van der Waals surface area contributed by atoms with E-state index in [1.807, 2.05) is 0 Å². The van der Waals surface area contributed by atoms with E-state index in [2.05, 4.69) is 0 Å². The van der Waals surface area contributed by atoms with Gasteiger partial charge in [0.05, 0.1) is 22.5 Å². The first-order valence-electron chi connectivity index (χ1n) is 9.20. The van der Waals surface area contributed by atoms with E-state index in [4.69, 9.17) is 0 Å². The van der Waals surface area contributed by atoms with E-state index in [0.29, 0.717) is 24.1 Å². The molecule has 1 amide bonds. The highest BCUT2D eigenvalue weighted by Crippen LogP contribution is 2.21. The molecule has 1 aliphatic heterocycles. The van der Waals surface area contributed by atoms with Gasteiger partial charge in [-0.2, -0.15) is 4.31 Å². The molecule has 2 aromatic rings. The molecule has 148 valence electrons. The number of carbonyl (C=O) groups excluding carboxylic acids is 1. The van der Waals surface area contributed by atoms with Gasteiger partial charge in [0.1, 0.15) is 0 Å². The van der Waals surface area contributed by atoms with Gasteiger partial charge in [-0.25, -0.2) is 13.2 Å². The molecule has 9 heteroatoms. The molecule has 0 atom stereocenters. The average Bonchev–Trinajstić information content (AvgIpc) is 2.90. The Morgan fingerprint density at radius 1 is 1.07 bits per heavy atom. The van der Waals surface area contributed by atoms with Crippen molar-refractivity contribution in [2.24, 2.45) is 14.1 Å². The molecule has 0 spiro atoms. The molecule has 1 saturated heterocycles. The standard InChI is InChI=1S/C18H26N4O4S/c1-4-22(13-17(23)21-10-6-5-7-11-21)27(25,26)14-8-9-15-16(12-14)20(3)18(24)19(15)2/h8-9,12H,4-7,10-11,13H2,1-3H3. The number of amides is 1. The molecule has 0 radical (unpaired) electrons. The van der Waals surface area contributed by atoms with E-state index in [9.17, 15) is 18.0 Å². The molecular formula is C18H26N4O4S. The van der Waals surface area contributed by atoms with Gasteiger partial charge < -0.3 is 4.90 Å². The van der Waals surface area contributed by atoms with Gasteiger partial charge in [-0.05, 0) is 37.5 Å². The summed E-state index contributed by atoms with van der Waals surface area (Å²) in [4.78, 5) is 26.4. The van der Waals surface area contributed by atoms with E-state index < -0.39 is 10.0 Å². The predicted octanol–water partition coefficient (Wildman–Crippen LogP) is 0.900. The van der Waals surface area contributed by atoms with E-state index in [1.165, 1.54) is 25.6 Å². The van der Waals surface area contributed by atoms with Crippen molar-refractivity contribution in [1.29, 1.82) is 0 Å². The minimum atomic E-state index is -3.84. The molecule has 1 aromatic carbocycles. The lowest BCUT2D eigenvalue weighted by Gasteiger charge is -2.29. The number of benzene rings is 1. The summed E-state index contributed by atoms with van der Waals surface area (Å²) in [6.07, 6.45) is 3.03. The monoisotopic (exact) mass is 394 g/mol. The van der Waals surface area contributed by atoms with E-state index in [0.717, 1.165) is 19.3 Å².